The van der Waals surface area contributed by atoms with Crippen molar-refractivity contribution in [2.24, 2.45) is 0 Å². The highest BCUT2D eigenvalue weighted by Crippen LogP contribution is 2.43. The minimum Gasteiger partial charge on any atom is -0.487 e. The van der Waals surface area contributed by atoms with Crippen LogP contribution in [0, 0.1) is 11.6 Å². The van der Waals surface area contributed by atoms with Gasteiger partial charge in [-0.25, -0.2) is 13.6 Å². The predicted molar refractivity (Wildman–Crippen MR) is 113 cm³/mol. The number of rotatable bonds is 6. The van der Waals surface area contributed by atoms with Crippen LogP contribution in [0.4, 0.5) is 20.2 Å². The number of carboxylic acids is 1. The van der Waals surface area contributed by atoms with Crippen LogP contribution >= 0.6 is 0 Å². The predicted octanol–water partition coefficient (Wildman–Crippen LogP) is 3.56. The molecule has 1 atom stereocenters. The van der Waals surface area contributed by atoms with Crippen molar-refractivity contribution >= 4 is 28.2 Å². The van der Waals surface area contributed by atoms with Gasteiger partial charge >= 0.3 is 5.97 Å². The lowest BCUT2D eigenvalue weighted by Crippen LogP contribution is -2.28. The van der Waals surface area contributed by atoms with Gasteiger partial charge in [0.05, 0.1) is 22.6 Å². The van der Waals surface area contributed by atoms with E-state index in [9.17, 15) is 19.1 Å². The van der Waals surface area contributed by atoms with Crippen LogP contribution in [0.1, 0.15) is 35.3 Å². The highest BCUT2D eigenvalue weighted by Gasteiger charge is 2.30. The average Bonchev–Trinajstić information content (AvgIpc) is 2.74. The fourth-order valence-corrected chi connectivity index (χ4v) is 3.82. The molecular formula is C22H21F2N3O4. The minimum absolute atomic E-state index is 0.0345. The Morgan fingerprint density at radius 2 is 2.03 bits per heavy atom. The lowest BCUT2D eigenvalue weighted by molar-refractivity contribution is 0.0694. The maximum atomic E-state index is 15.1. The number of anilines is 2. The summed E-state index contributed by atoms with van der Waals surface area (Å²) in [6.07, 6.45) is 2.53. The van der Waals surface area contributed by atoms with Gasteiger partial charge in [0.2, 0.25) is 5.43 Å². The first-order valence-electron chi connectivity index (χ1n) is 9.83. The molecule has 7 nitrogen and oxygen atoms in total. The van der Waals surface area contributed by atoms with Crippen molar-refractivity contribution in [3.8, 4) is 5.75 Å². The zero-order valence-electron chi connectivity index (χ0n) is 16.7. The molecular weight excluding hydrogens is 408 g/mol. The molecule has 1 aromatic heterocycles. The normalized spacial score (nSPS) is 15.0. The number of aromatic nitrogens is 1. The highest BCUT2D eigenvalue weighted by molar-refractivity contribution is 6.03. The number of carboxylic acid groups (broad SMARTS) is 1. The van der Waals surface area contributed by atoms with Gasteiger partial charge < -0.3 is 25.5 Å². The number of hydrogen-bond acceptors (Lipinski definition) is 5. The maximum absolute atomic E-state index is 15.1. The molecule has 0 aliphatic carbocycles. The van der Waals surface area contributed by atoms with E-state index >= 15 is 4.39 Å². The molecule has 1 aliphatic heterocycles. The first-order chi connectivity index (χ1) is 14.8. The zero-order chi connectivity index (χ0) is 22.3. The molecule has 162 valence electrons. The van der Waals surface area contributed by atoms with Crippen LogP contribution in [0.2, 0.25) is 0 Å². The fraction of sp³-hybridized carbons (Fsp3) is 0.273. The zero-order valence-corrected chi connectivity index (χ0v) is 16.7. The number of carbonyl (C=O) groups is 1. The SMILES string of the molecule is C[C@H]1COc2c(NCCCc3ccc(F)cc3)c(F)c(N)c3c(=O)c(C(=O)O)cn1c23. The van der Waals surface area contributed by atoms with Crippen molar-refractivity contribution in [1.82, 2.24) is 4.57 Å². The van der Waals surface area contributed by atoms with Crippen molar-refractivity contribution in [2.75, 3.05) is 24.2 Å². The standard InChI is InChI=1S/C22H21F2N3O4/c1-11-10-31-21-18(26-8-2-3-12-4-6-13(23)7-5-12)16(24)17(25)15-19(21)27(11)9-14(20(15)28)22(29)30/h4-7,9,11,26H,2-3,8,10,25H2,1H3,(H,29,30)/t11-/m0/s1. The van der Waals surface area contributed by atoms with E-state index in [1.165, 1.54) is 18.3 Å². The molecule has 0 bridgehead atoms. The van der Waals surface area contributed by atoms with E-state index in [2.05, 4.69) is 5.32 Å². The monoisotopic (exact) mass is 429 g/mol. The van der Waals surface area contributed by atoms with E-state index in [0.29, 0.717) is 19.4 Å². The van der Waals surface area contributed by atoms with E-state index in [4.69, 9.17) is 10.5 Å². The summed E-state index contributed by atoms with van der Waals surface area (Å²) in [6.45, 7) is 2.36. The molecule has 4 rings (SSSR count). The van der Waals surface area contributed by atoms with Crippen molar-refractivity contribution in [2.45, 2.75) is 25.8 Å². The minimum atomic E-state index is -1.40. The summed E-state index contributed by atoms with van der Waals surface area (Å²) >= 11 is 0. The summed E-state index contributed by atoms with van der Waals surface area (Å²) in [5, 5.41) is 12.2. The summed E-state index contributed by atoms with van der Waals surface area (Å²) in [6, 6.07) is 5.88. The first-order valence-corrected chi connectivity index (χ1v) is 9.83. The van der Waals surface area contributed by atoms with Gasteiger partial charge in [0.25, 0.3) is 0 Å². The van der Waals surface area contributed by atoms with Crippen LogP contribution < -0.4 is 21.2 Å². The second-order valence-corrected chi connectivity index (χ2v) is 7.56. The number of aryl methyl sites for hydroxylation is 1. The lowest BCUT2D eigenvalue weighted by Gasteiger charge is -2.29. The Morgan fingerprint density at radius 1 is 1.32 bits per heavy atom. The molecule has 0 amide bonds. The molecule has 0 saturated carbocycles. The summed E-state index contributed by atoms with van der Waals surface area (Å²) < 4.78 is 35.5. The van der Waals surface area contributed by atoms with Crippen LogP contribution in [-0.4, -0.2) is 28.8 Å². The van der Waals surface area contributed by atoms with E-state index in [-0.39, 0.29) is 40.8 Å². The largest absolute Gasteiger partial charge is 0.487 e. The molecule has 3 aromatic rings. The number of nitrogens with two attached hydrogens (primary N) is 1. The van der Waals surface area contributed by atoms with E-state index in [0.717, 1.165) is 5.56 Å². The summed E-state index contributed by atoms with van der Waals surface area (Å²) in [5.74, 6) is -2.43. The Hall–Kier alpha value is -3.62. The number of nitrogen functional groups attached to an aromatic ring is 1. The Bertz CT molecular complexity index is 1240. The summed E-state index contributed by atoms with van der Waals surface area (Å²) in [4.78, 5) is 24.2. The number of nitrogens with zero attached hydrogens (tertiary/aromatic N) is 1. The number of nitrogens with one attached hydrogen (secondary N) is 1. The molecule has 0 spiro atoms. The van der Waals surface area contributed by atoms with Crippen LogP contribution in [0.15, 0.2) is 35.3 Å². The van der Waals surface area contributed by atoms with E-state index in [1.54, 1.807) is 23.6 Å². The second-order valence-electron chi connectivity index (χ2n) is 7.56. The Balaban J connectivity index is 1.71. The van der Waals surface area contributed by atoms with Gasteiger partial charge in [-0.2, -0.15) is 0 Å². The number of ether oxygens (including phenoxy) is 1. The molecule has 0 unspecified atom stereocenters. The van der Waals surface area contributed by atoms with Gasteiger partial charge in [0, 0.05) is 12.7 Å². The third-order valence-corrected chi connectivity index (χ3v) is 5.43. The maximum Gasteiger partial charge on any atom is 0.341 e. The average molecular weight is 429 g/mol. The number of benzene rings is 2. The smallest absolute Gasteiger partial charge is 0.341 e. The molecule has 0 fully saturated rings. The molecule has 4 N–H and O–H groups in total. The van der Waals surface area contributed by atoms with Crippen molar-refractivity contribution in [3.63, 3.8) is 0 Å². The number of aromatic carboxylic acids is 1. The lowest BCUT2D eigenvalue weighted by atomic mass is 10.0. The first kappa shape index (κ1) is 20.6. The molecule has 0 saturated heterocycles. The Labute approximate surface area is 176 Å². The topological polar surface area (TPSA) is 107 Å². The van der Waals surface area contributed by atoms with Gasteiger partial charge in [-0.15, -0.1) is 0 Å². The van der Waals surface area contributed by atoms with Crippen molar-refractivity contribution in [1.29, 1.82) is 0 Å². The number of pyridine rings is 1. The fourth-order valence-electron chi connectivity index (χ4n) is 3.82. The van der Waals surface area contributed by atoms with Gasteiger partial charge in [-0.05, 0) is 37.5 Å². The van der Waals surface area contributed by atoms with Crippen LogP contribution in [0.3, 0.4) is 0 Å². The third-order valence-electron chi connectivity index (χ3n) is 5.43. The van der Waals surface area contributed by atoms with Crippen LogP contribution in [-0.2, 0) is 6.42 Å². The molecule has 2 aromatic carbocycles. The molecule has 0 radical (unpaired) electrons. The van der Waals surface area contributed by atoms with Crippen molar-refractivity contribution in [3.05, 3.63) is 63.4 Å². The Kier molecular flexibility index (Phi) is 5.26. The Morgan fingerprint density at radius 3 is 2.71 bits per heavy atom. The molecule has 9 heteroatoms. The van der Waals surface area contributed by atoms with Gasteiger partial charge in [-0.3, -0.25) is 4.79 Å². The van der Waals surface area contributed by atoms with Crippen LogP contribution in [0.5, 0.6) is 5.75 Å². The summed E-state index contributed by atoms with van der Waals surface area (Å²) in [7, 11) is 0. The van der Waals surface area contributed by atoms with Crippen LogP contribution in [0.25, 0.3) is 10.9 Å². The van der Waals surface area contributed by atoms with Gasteiger partial charge in [0.15, 0.2) is 11.6 Å². The van der Waals surface area contributed by atoms with E-state index in [1.807, 2.05) is 0 Å². The quantitative estimate of drug-likeness (QED) is 0.409. The number of hydrogen-bond donors (Lipinski definition) is 3. The second kappa shape index (κ2) is 7.90. The highest BCUT2D eigenvalue weighted by atomic mass is 19.1. The summed E-state index contributed by atoms with van der Waals surface area (Å²) in [5.41, 5.74) is 5.46. The third kappa shape index (κ3) is 3.56. The van der Waals surface area contributed by atoms with Gasteiger partial charge in [-0.1, -0.05) is 12.1 Å². The molecule has 31 heavy (non-hydrogen) atoms. The molecule has 1 aliphatic rings. The van der Waals surface area contributed by atoms with E-state index < -0.39 is 28.5 Å². The molecule has 2 heterocycles. The number of halogens is 2. The van der Waals surface area contributed by atoms with Crippen molar-refractivity contribution < 1.29 is 23.4 Å². The van der Waals surface area contributed by atoms with Gasteiger partial charge in [0.1, 0.15) is 23.7 Å².